The normalized spacial score (nSPS) is 10.3. The van der Waals surface area contributed by atoms with Crippen LogP contribution in [0, 0.1) is 0 Å². The first-order valence-electron chi connectivity index (χ1n) is 17.9. The van der Waals surface area contributed by atoms with Crippen molar-refractivity contribution in [2.75, 3.05) is 0 Å². The first kappa shape index (κ1) is 43.1. The maximum atomic E-state index is 5.57. The molecule has 0 N–H and O–H groups in total. The summed E-state index contributed by atoms with van der Waals surface area (Å²) in [5.74, 6) is 0. The van der Waals surface area contributed by atoms with Gasteiger partial charge in [0.25, 0.3) is 0 Å². The van der Waals surface area contributed by atoms with Gasteiger partial charge in [-0.2, -0.15) is 0 Å². The van der Waals surface area contributed by atoms with Crippen molar-refractivity contribution in [2.24, 2.45) is 0 Å². The van der Waals surface area contributed by atoms with E-state index in [1.807, 2.05) is 60.7 Å². The number of hydrogen-bond donors (Lipinski definition) is 0. The minimum Gasteiger partial charge on any atom is -0.0778 e. The Bertz CT molecular complexity index is 1410. The van der Waals surface area contributed by atoms with E-state index in [9.17, 15) is 0 Å². The third-order valence-electron chi connectivity index (χ3n) is 8.55. The van der Waals surface area contributed by atoms with Crippen LogP contribution in [0.25, 0.3) is 0 Å². The minimum absolute atomic E-state index is 0. The number of rotatable bonds is 20. The van der Waals surface area contributed by atoms with Crippen LogP contribution in [0.15, 0.2) is 109 Å². The van der Waals surface area contributed by atoms with Gasteiger partial charge in [0.2, 0.25) is 0 Å². The summed E-state index contributed by atoms with van der Waals surface area (Å²) in [5, 5.41) is 0. The quantitative estimate of drug-likeness (QED) is 0.0377. The molecule has 0 aliphatic rings. The minimum atomic E-state index is 0. The molecule has 0 amide bonds. The maximum Gasteiger partial charge on any atom is 0.0636 e. The smallest absolute Gasteiger partial charge is 0.0636 e. The van der Waals surface area contributed by atoms with Gasteiger partial charge in [-0.15, -0.1) is 0 Å². The molecule has 0 heterocycles. The van der Waals surface area contributed by atoms with Gasteiger partial charge in [-0.25, -0.2) is 0 Å². The first-order valence-corrected chi connectivity index (χ1v) is 19.5. The molecule has 4 aromatic rings. The van der Waals surface area contributed by atoms with Crippen LogP contribution >= 0.6 is 48.9 Å². The molecule has 5 heteroatoms. The molecule has 0 saturated carbocycles. The van der Waals surface area contributed by atoms with Crippen LogP contribution in [0.4, 0.5) is 0 Å². The molecule has 262 valence electrons. The standard InChI is InChI=1S/2C22H26S2.Pd/c2*1-2-3-4-5-6-8-11-18-14-16-20(17-15-18)22(24)21(23)19-12-9-7-10-13-19;/h2*7,9-10,12-17H,2-6,8,11H2,1H3;. The Morgan fingerprint density at radius 3 is 0.918 bits per heavy atom. The molecule has 0 aliphatic heterocycles. The van der Waals surface area contributed by atoms with Crippen molar-refractivity contribution in [1.82, 2.24) is 0 Å². The summed E-state index contributed by atoms with van der Waals surface area (Å²) in [6.45, 7) is 4.52. The zero-order valence-corrected chi connectivity index (χ0v) is 34.1. The molecule has 0 nitrogen and oxygen atoms in total. The van der Waals surface area contributed by atoms with Gasteiger partial charge in [-0.05, 0) is 59.1 Å². The van der Waals surface area contributed by atoms with Crippen molar-refractivity contribution in [3.63, 3.8) is 0 Å². The van der Waals surface area contributed by atoms with Crippen molar-refractivity contribution in [1.29, 1.82) is 0 Å². The van der Waals surface area contributed by atoms with Crippen LogP contribution in [0.2, 0.25) is 0 Å². The Morgan fingerprint density at radius 2 is 0.612 bits per heavy atom. The van der Waals surface area contributed by atoms with Crippen molar-refractivity contribution in [3.8, 4) is 0 Å². The van der Waals surface area contributed by atoms with Gasteiger partial charge in [-0.1, -0.05) is 236 Å². The van der Waals surface area contributed by atoms with Crippen molar-refractivity contribution < 1.29 is 20.4 Å². The molecule has 0 aromatic heterocycles. The zero-order chi connectivity index (χ0) is 34.4. The van der Waals surface area contributed by atoms with Crippen LogP contribution in [0.1, 0.15) is 124 Å². The van der Waals surface area contributed by atoms with Crippen LogP contribution in [0.5, 0.6) is 0 Å². The molecule has 0 unspecified atom stereocenters. The van der Waals surface area contributed by atoms with E-state index >= 15 is 0 Å². The molecule has 0 saturated heterocycles. The third-order valence-corrected chi connectivity index (χ3v) is 10.6. The SMILES string of the molecule is CCCCCCCCc1ccc(C(=S)C(=S)c2ccccc2)cc1.CCCCCCCCc1ccc(C(=S)C(=S)c2ccccc2)cc1.[Pd]. The third kappa shape index (κ3) is 16.2. The molecule has 0 radical (unpaired) electrons. The van der Waals surface area contributed by atoms with Gasteiger partial charge < -0.3 is 0 Å². The summed E-state index contributed by atoms with van der Waals surface area (Å²) in [6, 6.07) is 37.3. The number of unbranched alkanes of at least 4 members (excludes halogenated alkanes) is 10. The molecule has 0 bridgehead atoms. The second kappa shape index (κ2) is 25.8. The number of aryl methyl sites for hydroxylation is 2. The van der Waals surface area contributed by atoms with E-state index in [1.165, 1.54) is 88.2 Å². The fourth-order valence-corrected chi connectivity index (χ4v) is 6.58. The molecule has 4 rings (SSSR count). The molecule has 0 atom stereocenters. The summed E-state index contributed by atoms with van der Waals surface area (Å²) in [4.78, 5) is 3.05. The predicted octanol–water partition coefficient (Wildman–Crippen LogP) is 13.4. The molecule has 0 fully saturated rings. The summed E-state index contributed by atoms with van der Waals surface area (Å²) in [6.07, 6.45) is 18.4. The number of thiocarbonyl (C=S) groups is 4. The van der Waals surface area contributed by atoms with Gasteiger partial charge in [-0.3, -0.25) is 0 Å². The van der Waals surface area contributed by atoms with E-state index in [-0.39, 0.29) is 20.4 Å². The maximum absolute atomic E-state index is 5.57. The number of hydrogen-bond acceptors (Lipinski definition) is 4. The van der Waals surface area contributed by atoms with E-state index in [0.717, 1.165) is 54.6 Å². The van der Waals surface area contributed by atoms with Gasteiger partial charge >= 0.3 is 0 Å². The van der Waals surface area contributed by atoms with E-state index in [4.69, 9.17) is 48.9 Å². The van der Waals surface area contributed by atoms with Crippen molar-refractivity contribution in [2.45, 2.75) is 104 Å². The molecule has 0 aliphatic carbocycles. The van der Waals surface area contributed by atoms with Crippen LogP contribution in [-0.2, 0) is 33.3 Å². The molecule has 4 aromatic carbocycles. The summed E-state index contributed by atoms with van der Waals surface area (Å²) in [5.41, 5.74) is 6.92. The fraction of sp³-hybridized carbons (Fsp3) is 0.364. The topological polar surface area (TPSA) is 0 Å². The monoisotopic (exact) mass is 814 g/mol. The molecular formula is C44H52PdS4. The van der Waals surface area contributed by atoms with E-state index in [2.05, 4.69) is 62.4 Å². The Labute approximate surface area is 332 Å². The van der Waals surface area contributed by atoms with Crippen molar-refractivity contribution >= 4 is 68.3 Å². The molecular weight excluding hydrogens is 763 g/mol. The summed E-state index contributed by atoms with van der Waals surface area (Å²) in [7, 11) is 0. The summed E-state index contributed by atoms with van der Waals surface area (Å²) >= 11 is 22.2. The second-order valence-electron chi connectivity index (χ2n) is 12.5. The van der Waals surface area contributed by atoms with E-state index in [0.29, 0.717) is 0 Å². The first-order chi connectivity index (χ1) is 23.4. The second-order valence-corrected chi connectivity index (χ2v) is 14.1. The predicted molar refractivity (Wildman–Crippen MR) is 227 cm³/mol. The Morgan fingerprint density at radius 1 is 0.347 bits per heavy atom. The van der Waals surface area contributed by atoms with Crippen LogP contribution in [-0.4, -0.2) is 19.5 Å². The number of benzene rings is 4. The summed E-state index contributed by atoms with van der Waals surface area (Å²) < 4.78 is 0. The Balaban J connectivity index is 0.000000333. The van der Waals surface area contributed by atoms with Gasteiger partial charge in [0.05, 0.1) is 19.5 Å². The van der Waals surface area contributed by atoms with Crippen LogP contribution < -0.4 is 0 Å². The van der Waals surface area contributed by atoms with Gasteiger partial charge in [0, 0.05) is 20.4 Å². The fourth-order valence-electron chi connectivity index (χ4n) is 5.57. The van der Waals surface area contributed by atoms with Crippen molar-refractivity contribution in [3.05, 3.63) is 143 Å². The Kier molecular flexibility index (Phi) is 22.7. The van der Waals surface area contributed by atoms with Gasteiger partial charge in [0.15, 0.2) is 0 Å². The van der Waals surface area contributed by atoms with Crippen LogP contribution in [0.3, 0.4) is 0 Å². The average molecular weight is 816 g/mol. The molecule has 49 heavy (non-hydrogen) atoms. The van der Waals surface area contributed by atoms with E-state index < -0.39 is 0 Å². The van der Waals surface area contributed by atoms with Gasteiger partial charge in [0.1, 0.15) is 0 Å². The molecule has 0 spiro atoms. The largest absolute Gasteiger partial charge is 0.0778 e. The average Bonchev–Trinajstić information content (AvgIpc) is 3.14. The zero-order valence-electron chi connectivity index (χ0n) is 29.2. The Hall–Kier alpha value is -2.10. The van der Waals surface area contributed by atoms with E-state index in [1.54, 1.807) is 0 Å².